The Kier molecular flexibility index (Phi) is 6.59. The van der Waals surface area contributed by atoms with Gasteiger partial charge < -0.3 is 10.3 Å². The van der Waals surface area contributed by atoms with E-state index in [0.717, 1.165) is 23.1 Å². The fourth-order valence-corrected chi connectivity index (χ4v) is 4.29. The zero-order valence-electron chi connectivity index (χ0n) is 19.1. The van der Waals surface area contributed by atoms with Crippen molar-refractivity contribution in [3.8, 4) is 0 Å². The van der Waals surface area contributed by atoms with E-state index in [1.54, 1.807) is 24.7 Å². The van der Waals surface area contributed by atoms with Crippen LogP contribution < -0.4 is 5.32 Å². The molecule has 0 saturated carbocycles. The van der Waals surface area contributed by atoms with Crippen molar-refractivity contribution < 1.29 is 4.39 Å². The van der Waals surface area contributed by atoms with Gasteiger partial charge >= 0.3 is 0 Å². The number of benzene rings is 2. The molecule has 3 aromatic heterocycles. The predicted molar refractivity (Wildman–Crippen MR) is 140 cm³/mol. The van der Waals surface area contributed by atoms with Gasteiger partial charge in [0.15, 0.2) is 0 Å². The van der Waals surface area contributed by atoms with E-state index in [1.807, 2.05) is 24.4 Å². The molecule has 0 aliphatic carbocycles. The lowest BCUT2D eigenvalue weighted by Crippen LogP contribution is -2.12. The van der Waals surface area contributed by atoms with Crippen molar-refractivity contribution in [3.05, 3.63) is 136 Å². The van der Waals surface area contributed by atoms with Crippen LogP contribution >= 0.6 is 11.6 Å². The minimum atomic E-state index is -0.293. The fourth-order valence-electron chi connectivity index (χ4n) is 4.08. The van der Waals surface area contributed by atoms with Gasteiger partial charge in [0.05, 0.1) is 5.02 Å². The van der Waals surface area contributed by atoms with Gasteiger partial charge in [-0.1, -0.05) is 48.5 Å². The van der Waals surface area contributed by atoms with Gasteiger partial charge in [0.1, 0.15) is 5.82 Å². The van der Waals surface area contributed by atoms with Gasteiger partial charge in [-0.05, 0) is 53.4 Å². The van der Waals surface area contributed by atoms with E-state index in [4.69, 9.17) is 11.6 Å². The minimum Gasteiger partial charge on any atom is -0.381 e. The predicted octanol–water partition coefficient (Wildman–Crippen LogP) is 6.69. The third kappa shape index (κ3) is 5.42. The van der Waals surface area contributed by atoms with Crippen LogP contribution in [0.1, 0.15) is 33.5 Å². The second-order valence-corrected chi connectivity index (χ2v) is 8.93. The van der Waals surface area contributed by atoms with E-state index >= 15 is 0 Å². The molecule has 3 heterocycles. The Morgan fingerprint density at radius 2 is 1.77 bits per heavy atom. The highest BCUT2D eigenvalue weighted by Gasteiger charge is 2.10. The molecule has 0 atom stereocenters. The molecule has 4 nitrogen and oxygen atoms in total. The molecule has 0 bridgehead atoms. The van der Waals surface area contributed by atoms with Crippen molar-refractivity contribution in [1.82, 2.24) is 20.3 Å². The zero-order valence-corrected chi connectivity index (χ0v) is 19.8. The SMILES string of the molecule is C=C(NCc1cc2c(Cl)c[nH]c2cc1F)c1ccnc(Cc2ccc(Cc3cccnc3)cc2)c1. The second kappa shape index (κ2) is 10.1. The number of hydrogen-bond acceptors (Lipinski definition) is 3. The highest BCUT2D eigenvalue weighted by Crippen LogP contribution is 2.26. The Morgan fingerprint density at radius 1 is 0.971 bits per heavy atom. The molecule has 0 radical (unpaired) electrons. The van der Waals surface area contributed by atoms with Gasteiger partial charge in [-0.15, -0.1) is 0 Å². The van der Waals surface area contributed by atoms with Crippen molar-refractivity contribution >= 4 is 28.2 Å². The summed E-state index contributed by atoms with van der Waals surface area (Å²) in [6.07, 6.45) is 8.69. The maximum atomic E-state index is 14.5. The molecule has 0 fully saturated rings. The fraction of sp³-hybridized carbons (Fsp3) is 0.103. The van der Waals surface area contributed by atoms with Crippen molar-refractivity contribution in [1.29, 1.82) is 0 Å². The van der Waals surface area contributed by atoms with Gasteiger partial charge in [-0.25, -0.2) is 4.39 Å². The summed E-state index contributed by atoms with van der Waals surface area (Å²) >= 11 is 6.18. The van der Waals surface area contributed by atoms with E-state index in [9.17, 15) is 4.39 Å². The number of halogens is 2. The molecule has 0 aliphatic rings. The Balaban J connectivity index is 1.23. The number of hydrogen-bond donors (Lipinski definition) is 2. The minimum absolute atomic E-state index is 0.293. The van der Waals surface area contributed by atoms with Crippen molar-refractivity contribution in [2.75, 3.05) is 0 Å². The topological polar surface area (TPSA) is 53.6 Å². The zero-order chi connectivity index (χ0) is 24.2. The number of aromatic nitrogens is 3. The summed E-state index contributed by atoms with van der Waals surface area (Å²) in [5, 5.41) is 4.61. The molecule has 0 unspecified atom stereocenters. The quantitative estimate of drug-likeness (QED) is 0.259. The highest BCUT2D eigenvalue weighted by molar-refractivity contribution is 6.35. The number of pyridine rings is 2. The van der Waals surface area contributed by atoms with Crippen LogP contribution in [-0.4, -0.2) is 15.0 Å². The molecule has 6 heteroatoms. The number of nitrogens with one attached hydrogen (secondary N) is 2. The van der Waals surface area contributed by atoms with E-state index in [1.165, 1.54) is 22.8 Å². The van der Waals surface area contributed by atoms with Gasteiger partial charge in [0.25, 0.3) is 0 Å². The van der Waals surface area contributed by atoms with Crippen LogP contribution in [0.2, 0.25) is 5.02 Å². The molecule has 35 heavy (non-hydrogen) atoms. The Bertz CT molecular complexity index is 1480. The van der Waals surface area contributed by atoms with Crippen LogP contribution in [-0.2, 0) is 19.4 Å². The summed E-state index contributed by atoms with van der Waals surface area (Å²) < 4.78 is 14.5. The van der Waals surface area contributed by atoms with E-state index < -0.39 is 0 Å². The highest BCUT2D eigenvalue weighted by atomic mass is 35.5. The van der Waals surface area contributed by atoms with E-state index in [-0.39, 0.29) is 5.82 Å². The van der Waals surface area contributed by atoms with Crippen LogP contribution in [0.25, 0.3) is 16.6 Å². The molecule has 5 rings (SSSR count). The molecular formula is C29H24ClFN4. The molecule has 2 aromatic carbocycles. The summed E-state index contributed by atoms with van der Waals surface area (Å²) in [5.41, 5.74) is 7.40. The molecule has 0 aliphatic heterocycles. The molecule has 0 spiro atoms. The second-order valence-electron chi connectivity index (χ2n) is 8.53. The maximum Gasteiger partial charge on any atom is 0.130 e. The number of rotatable bonds is 8. The summed E-state index contributed by atoms with van der Waals surface area (Å²) in [6.45, 7) is 4.44. The largest absolute Gasteiger partial charge is 0.381 e. The maximum absolute atomic E-state index is 14.5. The lowest BCUT2D eigenvalue weighted by molar-refractivity contribution is 0.607. The van der Waals surface area contributed by atoms with Crippen LogP contribution in [0, 0.1) is 5.82 Å². The lowest BCUT2D eigenvalue weighted by Gasteiger charge is -2.12. The Morgan fingerprint density at radius 3 is 2.54 bits per heavy atom. The van der Waals surface area contributed by atoms with E-state index in [2.05, 4.69) is 57.2 Å². The van der Waals surface area contributed by atoms with Crippen molar-refractivity contribution in [3.63, 3.8) is 0 Å². The average molecular weight is 483 g/mol. The van der Waals surface area contributed by atoms with Gasteiger partial charge in [0.2, 0.25) is 0 Å². The van der Waals surface area contributed by atoms with Crippen LogP contribution in [0.5, 0.6) is 0 Å². The third-order valence-electron chi connectivity index (χ3n) is 5.99. The first-order valence-electron chi connectivity index (χ1n) is 11.3. The monoisotopic (exact) mass is 482 g/mol. The molecule has 174 valence electrons. The number of fused-ring (bicyclic) bond motifs is 1. The third-order valence-corrected chi connectivity index (χ3v) is 6.31. The number of aromatic amines is 1. The van der Waals surface area contributed by atoms with Crippen LogP contribution in [0.15, 0.2) is 92.0 Å². The summed E-state index contributed by atoms with van der Waals surface area (Å²) in [5.74, 6) is -0.293. The van der Waals surface area contributed by atoms with Crippen molar-refractivity contribution in [2.45, 2.75) is 19.4 Å². The molecule has 5 aromatic rings. The molecule has 0 saturated heterocycles. The van der Waals surface area contributed by atoms with Gasteiger partial charge in [-0.3, -0.25) is 9.97 Å². The Labute approximate surface area is 208 Å². The first-order valence-corrected chi connectivity index (χ1v) is 11.7. The number of nitrogens with zero attached hydrogens (tertiary/aromatic N) is 2. The average Bonchev–Trinajstić information content (AvgIpc) is 3.23. The smallest absolute Gasteiger partial charge is 0.130 e. The summed E-state index contributed by atoms with van der Waals surface area (Å²) in [4.78, 5) is 11.7. The van der Waals surface area contributed by atoms with Gasteiger partial charge in [0, 0.05) is 71.2 Å². The number of H-pyrrole nitrogens is 1. The standard InChI is InChI=1S/C29H24ClFN4/c1-19(34-17-24-14-26-27(30)18-35-29(26)15-28(24)31)23-8-10-33-25(13-23)12-21-6-4-20(5-7-21)11-22-3-2-9-32-16-22/h2-10,13-16,18,34-35H,1,11-12,17H2. The van der Waals surface area contributed by atoms with Crippen LogP contribution in [0.4, 0.5) is 4.39 Å². The Hall–Kier alpha value is -3.96. The molecule has 2 N–H and O–H groups in total. The van der Waals surface area contributed by atoms with Crippen LogP contribution in [0.3, 0.4) is 0 Å². The normalized spacial score (nSPS) is 11.0. The van der Waals surface area contributed by atoms with Crippen molar-refractivity contribution in [2.24, 2.45) is 0 Å². The summed E-state index contributed by atoms with van der Waals surface area (Å²) in [7, 11) is 0. The van der Waals surface area contributed by atoms with Gasteiger partial charge in [-0.2, -0.15) is 0 Å². The van der Waals surface area contributed by atoms with E-state index in [0.29, 0.717) is 34.8 Å². The lowest BCUT2D eigenvalue weighted by atomic mass is 10.0. The molecule has 0 amide bonds. The first-order chi connectivity index (χ1) is 17.0. The first kappa shape index (κ1) is 22.8. The summed E-state index contributed by atoms with van der Waals surface area (Å²) in [6, 6.07) is 19.8. The molecular weight excluding hydrogens is 459 g/mol.